The summed E-state index contributed by atoms with van der Waals surface area (Å²) >= 11 is 0. The van der Waals surface area contributed by atoms with Crippen molar-refractivity contribution in [1.29, 1.82) is 0 Å². The van der Waals surface area contributed by atoms with Crippen LogP contribution < -0.4 is 41.6 Å². The Morgan fingerprint density at radius 1 is 0.712 bits per heavy atom. The van der Waals surface area contributed by atoms with Gasteiger partial charge in [-0.1, -0.05) is 31.7 Å². The van der Waals surface area contributed by atoms with Gasteiger partial charge in [0.2, 0.25) is 11.8 Å². The van der Waals surface area contributed by atoms with Crippen LogP contribution in [0.15, 0.2) is 85.1 Å². The Kier molecular flexibility index (Phi) is 16.4. The second kappa shape index (κ2) is 22.1. The number of rotatable bonds is 14. The summed E-state index contributed by atoms with van der Waals surface area (Å²) in [6.45, 7) is 9.24. The third-order valence-electron chi connectivity index (χ3n) is 9.57. The van der Waals surface area contributed by atoms with Gasteiger partial charge in [-0.2, -0.15) is 4.98 Å². The topological polar surface area (TPSA) is 201 Å². The highest BCUT2D eigenvalue weighted by atomic mass is 16.5. The highest BCUT2D eigenvalue weighted by Gasteiger charge is 2.17. The molecule has 16 heteroatoms. The van der Waals surface area contributed by atoms with Crippen molar-refractivity contribution in [3.8, 4) is 23.1 Å². The van der Waals surface area contributed by atoms with E-state index in [4.69, 9.17) is 35.2 Å². The van der Waals surface area contributed by atoms with Gasteiger partial charge in [-0.25, -0.2) is 4.98 Å². The normalized spacial score (nSPS) is 14.2. The quantitative estimate of drug-likeness (QED) is 0.0959. The van der Waals surface area contributed by atoms with Gasteiger partial charge in [0.1, 0.15) is 17.2 Å². The summed E-state index contributed by atoms with van der Waals surface area (Å²) in [7, 11) is 3.08. The van der Waals surface area contributed by atoms with E-state index < -0.39 is 0 Å². The number of methoxy groups -OCH3 is 2. The number of hydrogen-bond acceptors (Lipinski definition) is 14. The zero-order valence-corrected chi connectivity index (χ0v) is 32.9. The molecule has 0 saturated carbocycles. The van der Waals surface area contributed by atoms with Crippen molar-refractivity contribution in [2.24, 2.45) is 0 Å². The maximum Gasteiger partial charge on any atom is 0.255 e. The van der Waals surface area contributed by atoms with Crippen molar-refractivity contribution in [1.82, 2.24) is 30.4 Å². The molecule has 0 unspecified atom stereocenters. The van der Waals surface area contributed by atoms with Gasteiger partial charge in [0.15, 0.2) is 0 Å². The molecule has 314 valence electrons. The molecule has 16 nitrogen and oxygen atoms in total. The van der Waals surface area contributed by atoms with E-state index in [-0.39, 0.29) is 19.2 Å². The lowest BCUT2D eigenvalue weighted by molar-refractivity contribution is 0.0382. The zero-order chi connectivity index (χ0) is 40.7. The Hall–Kier alpha value is -6.20. The highest BCUT2D eigenvalue weighted by Crippen LogP contribution is 2.33. The van der Waals surface area contributed by atoms with Crippen LogP contribution in [0.2, 0.25) is 0 Å². The van der Waals surface area contributed by atoms with Crippen LogP contribution in [0.5, 0.6) is 23.1 Å². The van der Waals surface area contributed by atoms with E-state index in [2.05, 4.69) is 35.7 Å². The number of nitrogen functional groups attached to an aromatic ring is 2. The molecule has 0 spiro atoms. The number of nitrogens with one attached hydrogen (secondary N) is 3. The van der Waals surface area contributed by atoms with E-state index in [1.165, 1.54) is 14.2 Å². The molecule has 3 heterocycles. The Labute approximate surface area is 345 Å². The largest absolute Gasteiger partial charge is 0.496 e. The number of anilines is 4. The fourth-order valence-electron chi connectivity index (χ4n) is 6.45. The average molecular weight is 810 g/mol. The fourth-order valence-corrected chi connectivity index (χ4v) is 6.45. The number of aromatic nitrogens is 2. The Balaban J connectivity index is 0.000000267. The van der Waals surface area contributed by atoms with Gasteiger partial charge in [0.25, 0.3) is 11.8 Å². The van der Waals surface area contributed by atoms with Crippen molar-refractivity contribution < 1.29 is 33.3 Å². The SMILES string of the molecule is C.COc1ccc(N)cc1C(=O)NCCN1CCOCC1.COc1ccc(Nc2nccc(Oc3ccc(N)c4ccccc34)n2)cc1C(=O)NCCN1CCOCC1. The summed E-state index contributed by atoms with van der Waals surface area (Å²) in [4.78, 5) is 38.4. The fraction of sp³-hybridized carbons (Fsp3) is 0.349. The maximum absolute atomic E-state index is 12.9. The lowest BCUT2D eigenvalue weighted by Crippen LogP contribution is -2.41. The van der Waals surface area contributed by atoms with Crippen molar-refractivity contribution in [3.63, 3.8) is 0 Å². The number of hydrogen-bond donors (Lipinski definition) is 5. The molecule has 1 aromatic heterocycles. The van der Waals surface area contributed by atoms with Gasteiger partial charge in [0, 0.05) is 92.5 Å². The number of nitrogens with two attached hydrogens (primary N) is 2. The molecule has 7 N–H and O–H groups in total. The summed E-state index contributed by atoms with van der Waals surface area (Å²) < 4.78 is 27.3. The van der Waals surface area contributed by atoms with Crippen LogP contribution in [0.3, 0.4) is 0 Å². The van der Waals surface area contributed by atoms with Crippen LogP contribution in [0.1, 0.15) is 28.1 Å². The Morgan fingerprint density at radius 2 is 1.27 bits per heavy atom. The molecule has 7 rings (SSSR count). The van der Waals surface area contributed by atoms with E-state index in [9.17, 15) is 9.59 Å². The van der Waals surface area contributed by atoms with Crippen molar-refractivity contribution >= 4 is 45.6 Å². The summed E-state index contributed by atoms with van der Waals surface area (Å²) in [5.74, 6) is 1.96. The minimum atomic E-state index is -0.216. The minimum Gasteiger partial charge on any atom is -0.496 e. The molecule has 0 aliphatic carbocycles. The number of nitrogens with zero attached hydrogens (tertiary/aromatic N) is 4. The molecule has 2 amide bonds. The molecule has 2 aliphatic rings. The molecule has 59 heavy (non-hydrogen) atoms. The molecular weight excluding hydrogens is 755 g/mol. The van der Waals surface area contributed by atoms with Crippen molar-refractivity contribution in [2.45, 2.75) is 7.43 Å². The molecule has 2 saturated heterocycles. The van der Waals surface area contributed by atoms with E-state index in [1.54, 1.807) is 48.7 Å². The molecule has 0 bridgehead atoms. The van der Waals surface area contributed by atoms with Gasteiger partial charge in [-0.15, -0.1) is 0 Å². The summed E-state index contributed by atoms with van der Waals surface area (Å²) in [5.41, 5.74) is 14.6. The molecule has 0 radical (unpaired) electrons. The van der Waals surface area contributed by atoms with E-state index in [0.717, 1.165) is 76.5 Å². The predicted molar refractivity (Wildman–Crippen MR) is 230 cm³/mol. The predicted octanol–water partition coefficient (Wildman–Crippen LogP) is 4.79. The van der Waals surface area contributed by atoms with Crippen LogP contribution in [0, 0.1) is 0 Å². The van der Waals surface area contributed by atoms with E-state index in [1.807, 2.05) is 36.4 Å². The van der Waals surface area contributed by atoms with Crippen LogP contribution >= 0.6 is 0 Å². The molecule has 4 aromatic carbocycles. The van der Waals surface area contributed by atoms with E-state index >= 15 is 0 Å². The first kappa shape index (κ1) is 43.9. The standard InChI is InChI=1S/C28H30N6O4.C14H21N3O3.CH4/c1-36-24-8-6-19(18-22(24)27(35)30-12-13-34-14-16-37-17-15-34)32-28-31-11-10-26(33-28)38-25-9-7-23(29)20-4-2-3-5-21(20)25;1-19-13-3-2-11(15)10-12(13)14(18)16-4-5-17-6-8-20-9-7-17;/h2-11,18H,12-17,29H2,1H3,(H,30,35)(H,31,32,33);2-3,10H,4-9,15H2,1H3,(H,16,18);1H4. The minimum absolute atomic E-state index is 0. The number of benzene rings is 4. The zero-order valence-electron chi connectivity index (χ0n) is 32.9. The highest BCUT2D eigenvalue weighted by molar-refractivity contribution is 5.99. The second-order valence-corrected chi connectivity index (χ2v) is 13.4. The first-order valence-electron chi connectivity index (χ1n) is 19.1. The monoisotopic (exact) mass is 809 g/mol. The van der Waals surface area contributed by atoms with Gasteiger partial charge in [-0.05, 0) is 48.5 Å². The van der Waals surface area contributed by atoms with Gasteiger partial charge in [-0.3, -0.25) is 19.4 Å². The number of carbonyl (C=O) groups excluding carboxylic acids is 2. The van der Waals surface area contributed by atoms with Crippen LogP contribution in [0.4, 0.5) is 23.0 Å². The number of fused-ring (bicyclic) bond motifs is 1. The first-order chi connectivity index (χ1) is 28.3. The molecule has 2 fully saturated rings. The smallest absolute Gasteiger partial charge is 0.255 e. The van der Waals surface area contributed by atoms with Crippen molar-refractivity contribution in [2.75, 3.05) is 110 Å². The maximum atomic E-state index is 12.9. The molecule has 5 aromatic rings. The van der Waals surface area contributed by atoms with Gasteiger partial charge in [0.05, 0.1) is 51.8 Å². The Bertz CT molecular complexity index is 2140. The number of carbonyl (C=O) groups is 2. The number of ether oxygens (including phenoxy) is 5. The first-order valence-corrected chi connectivity index (χ1v) is 19.1. The lowest BCUT2D eigenvalue weighted by atomic mass is 10.1. The van der Waals surface area contributed by atoms with Gasteiger partial charge < -0.3 is 51.1 Å². The third-order valence-corrected chi connectivity index (χ3v) is 9.57. The van der Waals surface area contributed by atoms with Crippen LogP contribution in [0.25, 0.3) is 10.8 Å². The summed E-state index contributed by atoms with van der Waals surface area (Å²) in [6.07, 6.45) is 1.60. The summed E-state index contributed by atoms with van der Waals surface area (Å²) in [5, 5.41) is 10.8. The average Bonchev–Trinajstić information content (AvgIpc) is 3.26. The van der Waals surface area contributed by atoms with Gasteiger partial charge >= 0.3 is 0 Å². The molecule has 0 atom stereocenters. The molecular formula is C43H55N9O7. The second-order valence-electron chi connectivity index (χ2n) is 13.4. The lowest BCUT2D eigenvalue weighted by Gasteiger charge is -2.26. The summed E-state index contributed by atoms with van der Waals surface area (Å²) in [6, 6.07) is 23.4. The van der Waals surface area contributed by atoms with E-state index in [0.29, 0.717) is 70.4 Å². The third kappa shape index (κ3) is 12.4. The molecule has 2 aliphatic heterocycles. The Morgan fingerprint density at radius 3 is 1.88 bits per heavy atom. The number of morpholine rings is 2. The van der Waals surface area contributed by atoms with Crippen LogP contribution in [-0.4, -0.2) is 125 Å². The van der Waals surface area contributed by atoms with Crippen LogP contribution in [-0.2, 0) is 9.47 Å². The number of amides is 2. The van der Waals surface area contributed by atoms with Crippen molar-refractivity contribution in [3.05, 3.63) is 96.2 Å².